The van der Waals surface area contributed by atoms with Gasteiger partial charge in [0.05, 0.1) is 0 Å². The fourth-order valence-corrected chi connectivity index (χ4v) is 2.54. The second-order valence-corrected chi connectivity index (χ2v) is 6.13. The first-order chi connectivity index (χ1) is 12.4. The molecule has 0 radical (unpaired) electrons. The molecule has 1 heterocycles. The highest BCUT2D eigenvalue weighted by atomic mass is 16.5. The molecule has 6 heteroatoms. The van der Waals surface area contributed by atoms with Crippen molar-refractivity contribution in [2.75, 3.05) is 10.6 Å². The van der Waals surface area contributed by atoms with Gasteiger partial charge in [-0.15, -0.1) is 0 Å². The molecule has 0 aliphatic heterocycles. The third-order valence-electron chi connectivity index (χ3n) is 3.91. The first kappa shape index (κ1) is 17.4. The molecule has 2 aromatic carbocycles. The molecule has 2 amide bonds. The van der Waals surface area contributed by atoms with Gasteiger partial charge in [-0.25, -0.2) is 0 Å². The van der Waals surface area contributed by atoms with E-state index in [9.17, 15) is 9.59 Å². The number of hydrogen-bond acceptors (Lipinski definition) is 4. The van der Waals surface area contributed by atoms with Gasteiger partial charge in [-0.2, -0.15) is 0 Å². The lowest BCUT2D eigenvalue weighted by atomic mass is 10.1. The Hall–Kier alpha value is -3.41. The van der Waals surface area contributed by atoms with E-state index in [1.807, 2.05) is 32.0 Å². The van der Waals surface area contributed by atoms with Gasteiger partial charge < -0.3 is 15.2 Å². The molecule has 0 atom stereocenters. The minimum atomic E-state index is -0.320. The highest BCUT2D eigenvalue weighted by Gasteiger charge is 2.12. The summed E-state index contributed by atoms with van der Waals surface area (Å²) in [5, 5.41) is 9.24. The zero-order valence-corrected chi connectivity index (χ0v) is 14.8. The van der Waals surface area contributed by atoms with Crippen LogP contribution in [0.5, 0.6) is 0 Å². The van der Waals surface area contributed by atoms with E-state index in [-0.39, 0.29) is 11.8 Å². The molecule has 0 aliphatic rings. The van der Waals surface area contributed by atoms with Crippen LogP contribution >= 0.6 is 0 Å². The van der Waals surface area contributed by atoms with Crippen LogP contribution in [0.1, 0.15) is 37.6 Å². The summed E-state index contributed by atoms with van der Waals surface area (Å²) in [7, 11) is 0. The zero-order chi connectivity index (χ0) is 18.7. The summed E-state index contributed by atoms with van der Waals surface area (Å²) in [6, 6.07) is 13.9. The SMILES string of the molecule is Cc1ccc(NC(=O)c2ccc(C(=O)Nc3cc(C)on3)cc2)c(C)c1. The van der Waals surface area contributed by atoms with E-state index in [2.05, 4.69) is 15.8 Å². The third kappa shape index (κ3) is 3.97. The van der Waals surface area contributed by atoms with Crippen LogP contribution in [0.25, 0.3) is 0 Å². The molecule has 0 unspecified atom stereocenters. The molecule has 0 bridgehead atoms. The fraction of sp³-hybridized carbons (Fsp3) is 0.150. The highest BCUT2D eigenvalue weighted by Crippen LogP contribution is 2.17. The quantitative estimate of drug-likeness (QED) is 0.742. The van der Waals surface area contributed by atoms with E-state index in [0.717, 1.165) is 16.8 Å². The molecular formula is C20H19N3O3. The highest BCUT2D eigenvalue weighted by molar-refractivity contribution is 6.07. The number of nitrogens with one attached hydrogen (secondary N) is 2. The number of amides is 2. The van der Waals surface area contributed by atoms with Gasteiger partial charge in [-0.1, -0.05) is 22.9 Å². The lowest BCUT2D eigenvalue weighted by Gasteiger charge is -2.09. The molecular weight excluding hydrogens is 330 g/mol. The van der Waals surface area contributed by atoms with Gasteiger partial charge in [-0.05, 0) is 56.7 Å². The number of carbonyl (C=O) groups excluding carboxylic acids is 2. The predicted molar refractivity (Wildman–Crippen MR) is 99.5 cm³/mol. The maximum absolute atomic E-state index is 12.4. The second-order valence-electron chi connectivity index (χ2n) is 6.13. The molecule has 3 rings (SSSR count). The van der Waals surface area contributed by atoms with Gasteiger partial charge in [0, 0.05) is 22.9 Å². The summed E-state index contributed by atoms with van der Waals surface area (Å²) in [5.74, 6) is 0.415. The van der Waals surface area contributed by atoms with Gasteiger partial charge in [0.2, 0.25) is 0 Å². The topological polar surface area (TPSA) is 84.2 Å². The molecule has 0 aliphatic carbocycles. The first-order valence-corrected chi connectivity index (χ1v) is 8.16. The van der Waals surface area contributed by atoms with Crippen LogP contribution in [-0.4, -0.2) is 17.0 Å². The number of rotatable bonds is 4. The molecule has 132 valence electrons. The van der Waals surface area contributed by atoms with Crippen LogP contribution in [0.3, 0.4) is 0 Å². The molecule has 6 nitrogen and oxygen atoms in total. The number of hydrogen-bond donors (Lipinski definition) is 2. The Morgan fingerprint density at radius 1 is 0.846 bits per heavy atom. The Kier molecular flexibility index (Phi) is 4.84. The van der Waals surface area contributed by atoms with Gasteiger partial charge in [0.1, 0.15) is 5.76 Å². The molecule has 3 aromatic rings. The average molecular weight is 349 g/mol. The van der Waals surface area contributed by atoms with Crippen molar-refractivity contribution >= 4 is 23.3 Å². The van der Waals surface area contributed by atoms with Gasteiger partial charge >= 0.3 is 0 Å². The van der Waals surface area contributed by atoms with Crippen molar-refractivity contribution in [3.63, 3.8) is 0 Å². The van der Waals surface area contributed by atoms with E-state index < -0.39 is 0 Å². The third-order valence-corrected chi connectivity index (χ3v) is 3.91. The molecule has 0 spiro atoms. The van der Waals surface area contributed by atoms with E-state index in [0.29, 0.717) is 22.7 Å². The maximum Gasteiger partial charge on any atom is 0.256 e. The first-order valence-electron chi connectivity index (χ1n) is 8.16. The van der Waals surface area contributed by atoms with Crippen LogP contribution in [-0.2, 0) is 0 Å². The second kappa shape index (κ2) is 7.23. The van der Waals surface area contributed by atoms with Crippen LogP contribution in [0, 0.1) is 20.8 Å². The van der Waals surface area contributed by atoms with Crippen molar-refractivity contribution in [2.24, 2.45) is 0 Å². The summed E-state index contributed by atoms with van der Waals surface area (Å²) < 4.78 is 4.91. The van der Waals surface area contributed by atoms with Crippen molar-refractivity contribution in [3.05, 3.63) is 76.5 Å². The van der Waals surface area contributed by atoms with Gasteiger partial charge in [-0.3, -0.25) is 9.59 Å². The monoisotopic (exact) mass is 349 g/mol. The zero-order valence-electron chi connectivity index (χ0n) is 14.8. The van der Waals surface area contributed by atoms with Crippen LogP contribution in [0.15, 0.2) is 53.1 Å². The lowest BCUT2D eigenvalue weighted by Crippen LogP contribution is -2.15. The van der Waals surface area contributed by atoms with Crippen molar-refractivity contribution in [1.29, 1.82) is 0 Å². The Balaban J connectivity index is 1.68. The van der Waals surface area contributed by atoms with Gasteiger partial charge in [0.25, 0.3) is 11.8 Å². The molecule has 0 saturated heterocycles. The number of benzene rings is 2. The Bertz CT molecular complexity index is 959. The Morgan fingerprint density at radius 3 is 2.00 bits per heavy atom. The summed E-state index contributed by atoms with van der Waals surface area (Å²) in [6.07, 6.45) is 0. The van der Waals surface area contributed by atoms with E-state index in [1.165, 1.54) is 0 Å². The summed E-state index contributed by atoms with van der Waals surface area (Å²) in [6.45, 7) is 5.69. The van der Waals surface area contributed by atoms with E-state index in [1.54, 1.807) is 37.3 Å². The van der Waals surface area contributed by atoms with Crippen molar-refractivity contribution in [1.82, 2.24) is 5.16 Å². The Morgan fingerprint density at radius 2 is 1.46 bits per heavy atom. The summed E-state index contributed by atoms with van der Waals surface area (Å²) in [5.41, 5.74) is 3.80. The molecule has 26 heavy (non-hydrogen) atoms. The minimum absolute atomic E-state index is 0.226. The van der Waals surface area contributed by atoms with E-state index >= 15 is 0 Å². The lowest BCUT2D eigenvalue weighted by molar-refractivity contribution is 0.101. The van der Waals surface area contributed by atoms with Crippen LogP contribution < -0.4 is 10.6 Å². The number of anilines is 2. The summed E-state index contributed by atoms with van der Waals surface area (Å²) >= 11 is 0. The number of aromatic nitrogens is 1. The standard InChI is InChI=1S/C20H19N3O3/c1-12-4-9-17(13(2)10-12)21-19(24)15-5-7-16(8-6-15)20(25)22-18-11-14(3)26-23-18/h4-11H,1-3H3,(H,21,24)(H,22,23,25). The normalized spacial score (nSPS) is 10.4. The molecule has 1 aromatic heterocycles. The van der Waals surface area contributed by atoms with Crippen LogP contribution in [0.4, 0.5) is 11.5 Å². The van der Waals surface area contributed by atoms with Gasteiger partial charge in [0.15, 0.2) is 5.82 Å². The van der Waals surface area contributed by atoms with Crippen LogP contribution in [0.2, 0.25) is 0 Å². The fourth-order valence-electron chi connectivity index (χ4n) is 2.54. The molecule has 0 fully saturated rings. The van der Waals surface area contributed by atoms with Crippen molar-refractivity contribution in [2.45, 2.75) is 20.8 Å². The number of carbonyl (C=O) groups is 2. The Labute approximate surface area is 151 Å². The van der Waals surface area contributed by atoms with Crippen molar-refractivity contribution in [3.8, 4) is 0 Å². The predicted octanol–water partition coefficient (Wildman–Crippen LogP) is 4.10. The number of nitrogens with zero attached hydrogens (tertiary/aromatic N) is 1. The summed E-state index contributed by atoms with van der Waals surface area (Å²) in [4.78, 5) is 24.6. The van der Waals surface area contributed by atoms with E-state index in [4.69, 9.17) is 4.52 Å². The average Bonchev–Trinajstić information content (AvgIpc) is 3.02. The number of aryl methyl sites for hydroxylation is 3. The molecule has 0 saturated carbocycles. The molecule has 2 N–H and O–H groups in total. The maximum atomic E-state index is 12.4. The smallest absolute Gasteiger partial charge is 0.256 e. The van der Waals surface area contributed by atoms with Crippen molar-refractivity contribution < 1.29 is 14.1 Å². The largest absolute Gasteiger partial charge is 0.360 e. The minimum Gasteiger partial charge on any atom is -0.360 e.